The third-order valence-electron chi connectivity index (χ3n) is 1.61. The van der Waals surface area contributed by atoms with Gasteiger partial charge in [0.1, 0.15) is 0 Å². The summed E-state index contributed by atoms with van der Waals surface area (Å²) in [4.78, 5) is 0. The van der Waals surface area contributed by atoms with Crippen molar-refractivity contribution in [1.82, 2.24) is 5.32 Å². The predicted octanol–water partition coefficient (Wildman–Crippen LogP) is 2.79. The van der Waals surface area contributed by atoms with Crippen molar-refractivity contribution in [3.05, 3.63) is 24.4 Å². The van der Waals surface area contributed by atoms with E-state index in [2.05, 4.69) is 5.32 Å². The van der Waals surface area contributed by atoms with Gasteiger partial charge in [-0.3, -0.25) is 0 Å². The molecule has 0 aromatic carbocycles. The summed E-state index contributed by atoms with van der Waals surface area (Å²) in [5, 5.41) is 2.97. The second kappa shape index (κ2) is 2.89. The number of hydrogen-bond acceptors (Lipinski definition) is 1. The fraction of sp³-hybridized carbons (Fsp3) is 0.429. The van der Waals surface area contributed by atoms with Crippen molar-refractivity contribution in [1.29, 1.82) is 0 Å². The number of hydrogen-bond donors (Lipinski definition) is 1. The summed E-state index contributed by atoms with van der Waals surface area (Å²) >= 11 is 17.2. The van der Waals surface area contributed by atoms with Gasteiger partial charge >= 0.3 is 0 Å². The van der Waals surface area contributed by atoms with Gasteiger partial charge in [0.05, 0.1) is 5.54 Å². The van der Waals surface area contributed by atoms with Crippen molar-refractivity contribution in [2.45, 2.75) is 16.3 Å². The zero-order valence-electron chi connectivity index (χ0n) is 5.94. The summed E-state index contributed by atoms with van der Waals surface area (Å²) in [5.41, 5.74) is -0.605. The van der Waals surface area contributed by atoms with Crippen molar-refractivity contribution >= 4 is 34.8 Å². The normalized spacial score (nSPS) is 30.2. The number of alkyl halides is 3. The van der Waals surface area contributed by atoms with Crippen LogP contribution < -0.4 is 5.32 Å². The van der Waals surface area contributed by atoms with E-state index in [0.717, 1.165) is 0 Å². The highest BCUT2D eigenvalue weighted by Gasteiger charge is 2.42. The highest BCUT2D eigenvalue weighted by molar-refractivity contribution is 6.68. The molecule has 62 valence electrons. The van der Waals surface area contributed by atoms with Crippen LogP contribution in [0.4, 0.5) is 0 Å². The van der Waals surface area contributed by atoms with E-state index < -0.39 is 9.33 Å². The van der Waals surface area contributed by atoms with Crippen molar-refractivity contribution < 1.29 is 0 Å². The lowest BCUT2D eigenvalue weighted by atomic mass is 10.0. The van der Waals surface area contributed by atoms with E-state index in [1.165, 1.54) is 0 Å². The number of halogens is 3. The molecular formula is C7H8Cl3N. The van der Waals surface area contributed by atoms with E-state index in [1.54, 1.807) is 6.20 Å². The smallest absolute Gasteiger partial charge is 0.216 e. The van der Waals surface area contributed by atoms with E-state index >= 15 is 0 Å². The maximum atomic E-state index is 5.74. The first kappa shape index (κ1) is 9.24. The van der Waals surface area contributed by atoms with Gasteiger partial charge in [-0.25, -0.2) is 0 Å². The van der Waals surface area contributed by atoms with Gasteiger partial charge in [-0.05, 0) is 19.2 Å². The molecule has 0 spiro atoms. The molecule has 0 saturated carbocycles. The van der Waals surface area contributed by atoms with Gasteiger partial charge < -0.3 is 5.32 Å². The van der Waals surface area contributed by atoms with Gasteiger partial charge in [0.15, 0.2) is 0 Å². The highest BCUT2D eigenvalue weighted by Crippen LogP contribution is 2.39. The Bertz CT molecular complexity index is 204. The van der Waals surface area contributed by atoms with Crippen LogP contribution in [0.3, 0.4) is 0 Å². The zero-order chi connectivity index (χ0) is 8.54. The van der Waals surface area contributed by atoms with Gasteiger partial charge in [0.2, 0.25) is 3.79 Å². The lowest BCUT2D eigenvalue weighted by Crippen LogP contribution is -2.49. The molecule has 0 aromatic heterocycles. The molecule has 1 N–H and O–H groups in total. The van der Waals surface area contributed by atoms with Crippen molar-refractivity contribution in [3.8, 4) is 0 Å². The Balaban J connectivity index is 2.84. The van der Waals surface area contributed by atoms with Gasteiger partial charge in [-0.1, -0.05) is 47.0 Å². The van der Waals surface area contributed by atoms with Crippen LogP contribution in [0.15, 0.2) is 24.4 Å². The molecule has 0 aromatic rings. The largest absolute Gasteiger partial charge is 0.378 e. The Morgan fingerprint density at radius 1 is 1.27 bits per heavy atom. The quantitative estimate of drug-likeness (QED) is 0.609. The third-order valence-corrected chi connectivity index (χ3v) is 2.79. The minimum Gasteiger partial charge on any atom is -0.378 e. The number of allylic oxidation sites excluding steroid dienone is 2. The molecule has 0 fully saturated rings. The topological polar surface area (TPSA) is 12.0 Å². The summed E-state index contributed by atoms with van der Waals surface area (Å²) in [6.07, 6.45) is 7.26. The summed E-state index contributed by atoms with van der Waals surface area (Å²) < 4.78 is -1.33. The minimum absolute atomic E-state index is 0.605. The fourth-order valence-corrected chi connectivity index (χ4v) is 1.10. The predicted molar refractivity (Wildman–Crippen MR) is 50.1 cm³/mol. The van der Waals surface area contributed by atoms with E-state index in [1.807, 2.05) is 25.2 Å². The van der Waals surface area contributed by atoms with Crippen molar-refractivity contribution in [3.63, 3.8) is 0 Å². The summed E-state index contributed by atoms with van der Waals surface area (Å²) in [5.74, 6) is 0. The molecule has 1 atom stereocenters. The molecule has 1 rings (SSSR count). The fourth-order valence-electron chi connectivity index (χ4n) is 0.749. The molecule has 1 aliphatic rings. The molecule has 1 unspecified atom stereocenters. The van der Waals surface area contributed by atoms with Crippen LogP contribution in [0.25, 0.3) is 0 Å². The van der Waals surface area contributed by atoms with Gasteiger partial charge in [0.25, 0.3) is 0 Å². The first-order valence-corrected chi connectivity index (χ1v) is 4.28. The van der Waals surface area contributed by atoms with E-state index in [-0.39, 0.29) is 0 Å². The van der Waals surface area contributed by atoms with Gasteiger partial charge in [0, 0.05) is 0 Å². The molecule has 0 bridgehead atoms. The SMILES string of the molecule is CC1(C(Cl)(Cl)Cl)C=CC=CN1. The summed E-state index contributed by atoms with van der Waals surface area (Å²) in [6, 6.07) is 0. The van der Waals surface area contributed by atoms with Crippen LogP contribution >= 0.6 is 34.8 Å². The van der Waals surface area contributed by atoms with Crippen LogP contribution in [0.2, 0.25) is 0 Å². The Hall–Kier alpha value is 0.150. The lowest BCUT2D eigenvalue weighted by Gasteiger charge is -2.35. The highest BCUT2D eigenvalue weighted by atomic mass is 35.6. The van der Waals surface area contributed by atoms with Crippen LogP contribution in [0.5, 0.6) is 0 Å². The van der Waals surface area contributed by atoms with Gasteiger partial charge in [-0.2, -0.15) is 0 Å². The molecule has 1 nitrogen and oxygen atoms in total. The number of nitrogens with one attached hydrogen (secondary N) is 1. The average molecular weight is 213 g/mol. The Morgan fingerprint density at radius 3 is 2.18 bits per heavy atom. The molecule has 11 heavy (non-hydrogen) atoms. The summed E-state index contributed by atoms with van der Waals surface area (Å²) in [6.45, 7) is 1.82. The van der Waals surface area contributed by atoms with Crippen LogP contribution in [-0.4, -0.2) is 9.33 Å². The maximum absolute atomic E-state index is 5.74. The molecule has 0 radical (unpaired) electrons. The first-order valence-electron chi connectivity index (χ1n) is 3.14. The standard InChI is InChI=1S/C7H8Cl3N/c1-6(7(8,9)10)4-2-3-5-11-6/h2-5,11H,1H3. The average Bonchev–Trinajstić information content (AvgIpc) is 1.87. The summed E-state index contributed by atoms with van der Waals surface area (Å²) in [7, 11) is 0. The minimum atomic E-state index is -1.33. The molecule has 0 amide bonds. The zero-order valence-corrected chi connectivity index (χ0v) is 8.21. The van der Waals surface area contributed by atoms with Crippen LogP contribution in [0.1, 0.15) is 6.92 Å². The Labute approximate surface area is 81.0 Å². The van der Waals surface area contributed by atoms with E-state index in [4.69, 9.17) is 34.8 Å². The van der Waals surface area contributed by atoms with Crippen molar-refractivity contribution in [2.75, 3.05) is 0 Å². The lowest BCUT2D eigenvalue weighted by molar-refractivity contribution is 0.505. The second-order valence-electron chi connectivity index (χ2n) is 2.56. The first-order chi connectivity index (χ1) is 4.96. The number of rotatable bonds is 0. The molecule has 1 aliphatic heterocycles. The van der Waals surface area contributed by atoms with Crippen LogP contribution in [-0.2, 0) is 0 Å². The van der Waals surface area contributed by atoms with E-state index in [9.17, 15) is 0 Å². The molecular weight excluding hydrogens is 204 g/mol. The Morgan fingerprint density at radius 2 is 1.91 bits per heavy atom. The van der Waals surface area contributed by atoms with Crippen molar-refractivity contribution in [2.24, 2.45) is 0 Å². The molecule has 0 aliphatic carbocycles. The van der Waals surface area contributed by atoms with Gasteiger partial charge in [-0.15, -0.1) is 0 Å². The molecule has 0 saturated heterocycles. The second-order valence-corrected chi connectivity index (χ2v) is 4.84. The molecule has 1 heterocycles. The number of dihydropyridines is 1. The van der Waals surface area contributed by atoms with Crippen LogP contribution in [0, 0.1) is 0 Å². The monoisotopic (exact) mass is 211 g/mol. The Kier molecular flexibility index (Phi) is 2.43. The third kappa shape index (κ3) is 1.84. The maximum Gasteiger partial charge on any atom is 0.216 e. The van der Waals surface area contributed by atoms with E-state index in [0.29, 0.717) is 0 Å². The molecule has 4 heteroatoms.